The molecule has 0 saturated heterocycles. The number of rotatable bonds is 5. The Morgan fingerprint density at radius 1 is 1.38 bits per heavy atom. The highest BCUT2D eigenvalue weighted by Crippen LogP contribution is 2.24. The number of nitrogens with one attached hydrogen (secondary N) is 1. The van der Waals surface area contributed by atoms with Crippen LogP contribution in [0.1, 0.15) is 5.56 Å². The first-order valence-electron chi connectivity index (χ1n) is 6.35. The summed E-state index contributed by atoms with van der Waals surface area (Å²) in [6, 6.07) is 5.00. The van der Waals surface area contributed by atoms with Crippen molar-refractivity contribution in [2.24, 2.45) is 7.05 Å². The van der Waals surface area contributed by atoms with E-state index in [1.165, 1.54) is 0 Å². The van der Waals surface area contributed by atoms with Crippen molar-refractivity contribution in [3.8, 4) is 0 Å². The normalized spacial score (nSPS) is 10.9. The van der Waals surface area contributed by atoms with Gasteiger partial charge in [0.2, 0.25) is 5.91 Å². The largest absolute Gasteiger partial charge is 0.325 e. The Labute approximate surface area is 133 Å². The van der Waals surface area contributed by atoms with Crippen LogP contribution in [0.25, 0.3) is 0 Å². The Morgan fingerprint density at radius 3 is 2.76 bits per heavy atom. The lowest BCUT2D eigenvalue weighted by Gasteiger charge is -2.15. The molecule has 1 heterocycles. The molecule has 0 aliphatic heterocycles. The quantitative estimate of drug-likeness (QED) is 0.919. The van der Waals surface area contributed by atoms with Gasteiger partial charge in [0.25, 0.3) is 0 Å². The Morgan fingerprint density at radius 2 is 2.14 bits per heavy atom. The first kappa shape index (κ1) is 15.8. The number of carbonyl (C=O) groups is 1. The Kier molecular flexibility index (Phi) is 5.22. The van der Waals surface area contributed by atoms with Gasteiger partial charge in [-0.05, 0) is 25.2 Å². The van der Waals surface area contributed by atoms with Gasteiger partial charge in [-0.1, -0.05) is 23.2 Å². The molecule has 1 aromatic carbocycles. The van der Waals surface area contributed by atoms with Gasteiger partial charge < -0.3 is 5.32 Å². The zero-order chi connectivity index (χ0) is 15.4. The summed E-state index contributed by atoms with van der Waals surface area (Å²) >= 11 is 11.7. The molecular formula is C14H16Cl2N4O. The summed E-state index contributed by atoms with van der Waals surface area (Å²) in [5.74, 6) is -0.111. The molecule has 21 heavy (non-hydrogen) atoms. The smallest absolute Gasteiger partial charge is 0.238 e. The standard InChI is InChI=1S/C14H16Cl2N4O/c1-19(7-10-6-17-20(2)8-10)9-14(21)18-11-3-4-12(15)13(16)5-11/h3-6,8H,7,9H2,1-2H3,(H,18,21). The highest BCUT2D eigenvalue weighted by molar-refractivity contribution is 6.42. The second-order valence-corrected chi connectivity index (χ2v) is 5.69. The number of hydrogen-bond donors (Lipinski definition) is 1. The van der Waals surface area contributed by atoms with Gasteiger partial charge in [0, 0.05) is 31.0 Å². The van der Waals surface area contributed by atoms with Gasteiger partial charge in [0.05, 0.1) is 22.8 Å². The number of anilines is 1. The van der Waals surface area contributed by atoms with E-state index < -0.39 is 0 Å². The molecule has 0 unspecified atom stereocenters. The van der Waals surface area contributed by atoms with Crippen molar-refractivity contribution in [3.05, 3.63) is 46.2 Å². The van der Waals surface area contributed by atoms with Gasteiger partial charge in [-0.3, -0.25) is 14.4 Å². The van der Waals surface area contributed by atoms with Gasteiger partial charge in [0.1, 0.15) is 0 Å². The fourth-order valence-electron chi connectivity index (χ4n) is 1.94. The van der Waals surface area contributed by atoms with Crippen LogP contribution in [0.5, 0.6) is 0 Å². The molecule has 2 rings (SSSR count). The van der Waals surface area contributed by atoms with Gasteiger partial charge in [-0.15, -0.1) is 0 Å². The molecule has 1 N–H and O–H groups in total. The minimum Gasteiger partial charge on any atom is -0.325 e. The molecule has 5 nitrogen and oxygen atoms in total. The SMILES string of the molecule is CN(CC(=O)Nc1ccc(Cl)c(Cl)c1)Cc1cnn(C)c1. The summed E-state index contributed by atoms with van der Waals surface area (Å²) in [5.41, 5.74) is 1.69. The highest BCUT2D eigenvalue weighted by atomic mass is 35.5. The van der Waals surface area contributed by atoms with Crippen molar-refractivity contribution >= 4 is 34.8 Å². The Hall–Kier alpha value is -1.56. The van der Waals surface area contributed by atoms with Gasteiger partial charge in [-0.2, -0.15) is 5.10 Å². The summed E-state index contributed by atoms with van der Waals surface area (Å²) < 4.78 is 1.74. The average Bonchev–Trinajstić information content (AvgIpc) is 2.79. The minimum absolute atomic E-state index is 0.111. The summed E-state index contributed by atoms with van der Waals surface area (Å²) in [7, 11) is 3.74. The molecule has 0 spiro atoms. The number of halogens is 2. The predicted octanol–water partition coefficient (Wildman–Crippen LogP) is 2.80. The van der Waals surface area contributed by atoms with Gasteiger partial charge in [0.15, 0.2) is 0 Å². The van der Waals surface area contributed by atoms with E-state index in [1.54, 1.807) is 29.1 Å². The van der Waals surface area contributed by atoms with Crippen LogP contribution in [0.4, 0.5) is 5.69 Å². The molecule has 1 aromatic heterocycles. The van der Waals surface area contributed by atoms with Crippen molar-refractivity contribution in [3.63, 3.8) is 0 Å². The molecule has 0 aliphatic rings. The highest BCUT2D eigenvalue weighted by Gasteiger charge is 2.09. The molecule has 0 bridgehead atoms. The van der Waals surface area contributed by atoms with Crippen LogP contribution in [-0.2, 0) is 18.4 Å². The van der Waals surface area contributed by atoms with Gasteiger partial charge >= 0.3 is 0 Å². The number of nitrogens with zero attached hydrogens (tertiary/aromatic N) is 3. The van der Waals surface area contributed by atoms with Crippen LogP contribution < -0.4 is 5.32 Å². The van der Waals surface area contributed by atoms with E-state index >= 15 is 0 Å². The van der Waals surface area contributed by atoms with Crippen LogP contribution in [0.2, 0.25) is 10.0 Å². The first-order valence-corrected chi connectivity index (χ1v) is 7.10. The third kappa shape index (κ3) is 4.74. The lowest BCUT2D eigenvalue weighted by atomic mass is 10.3. The van der Waals surface area contributed by atoms with E-state index in [4.69, 9.17) is 23.2 Å². The van der Waals surface area contributed by atoms with Crippen molar-refractivity contribution < 1.29 is 4.79 Å². The molecule has 0 fully saturated rings. The molecule has 7 heteroatoms. The average molecular weight is 327 g/mol. The van der Waals surface area contributed by atoms with Crippen molar-refractivity contribution in [2.75, 3.05) is 18.9 Å². The lowest BCUT2D eigenvalue weighted by Crippen LogP contribution is -2.29. The number of likely N-dealkylation sites (N-methyl/N-ethyl adjacent to an activating group) is 1. The van der Waals surface area contributed by atoms with Crippen LogP contribution in [-0.4, -0.2) is 34.2 Å². The molecule has 2 aromatic rings. The fourth-order valence-corrected chi connectivity index (χ4v) is 2.24. The molecule has 0 aliphatic carbocycles. The number of aromatic nitrogens is 2. The van der Waals surface area contributed by atoms with E-state index in [9.17, 15) is 4.79 Å². The third-order valence-corrected chi connectivity index (χ3v) is 3.57. The van der Waals surface area contributed by atoms with Crippen molar-refractivity contribution in [1.82, 2.24) is 14.7 Å². The number of benzene rings is 1. The molecule has 0 radical (unpaired) electrons. The second-order valence-electron chi connectivity index (χ2n) is 4.87. The zero-order valence-electron chi connectivity index (χ0n) is 11.8. The summed E-state index contributed by atoms with van der Waals surface area (Å²) in [4.78, 5) is 13.9. The summed E-state index contributed by atoms with van der Waals surface area (Å²) in [6.45, 7) is 0.928. The Bertz CT molecular complexity index is 642. The van der Waals surface area contributed by atoms with Crippen LogP contribution >= 0.6 is 23.2 Å². The fraction of sp³-hybridized carbons (Fsp3) is 0.286. The maximum Gasteiger partial charge on any atom is 0.238 e. The number of amides is 1. The maximum absolute atomic E-state index is 12.0. The van der Waals surface area contributed by atoms with Crippen LogP contribution in [0, 0.1) is 0 Å². The van der Waals surface area contributed by atoms with Gasteiger partial charge in [-0.25, -0.2) is 0 Å². The second kappa shape index (κ2) is 6.93. The maximum atomic E-state index is 12.0. The zero-order valence-corrected chi connectivity index (χ0v) is 13.3. The molecular weight excluding hydrogens is 311 g/mol. The monoisotopic (exact) mass is 326 g/mol. The summed E-state index contributed by atoms with van der Waals surface area (Å²) in [6.07, 6.45) is 3.71. The van der Waals surface area contributed by atoms with E-state index in [0.717, 1.165) is 5.56 Å². The molecule has 0 saturated carbocycles. The minimum atomic E-state index is -0.111. The number of aryl methyl sites for hydroxylation is 1. The number of hydrogen-bond acceptors (Lipinski definition) is 3. The first-order chi connectivity index (χ1) is 9.94. The van der Waals surface area contributed by atoms with E-state index in [1.807, 2.05) is 25.2 Å². The molecule has 0 atom stereocenters. The molecule has 112 valence electrons. The van der Waals surface area contributed by atoms with Crippen LogP contribution in [0.15, 0.2) is 30.6 Å². The predicted molar refractivity (Wildman–Crippen MR) is 84.6 cm³/mol. The molecule has 1 amide bonds. The number of carbonyl (C=O) groups excluding carboxylic acids is 1. The third-order valence-electron chi connectivity index (χ3n) is 2.83. The summed E-state index contributed by atoms with van der Waals surface area (Å²) in [5, 5.41) is 7.76. The Balaban J connectivity index is 1.87. The van der Waals surface area contributed by atoms with E-state index in [2.05, 4.69) is 10.4 Å². The van der Waals surface area contributed by atoms with E-state index in [0.29, 0.717) is 22.3 Å². The van der Waals surface area contributed by atoms with Crippen molar-refractivity contribution in [2.45, 2.75) is 6.54 Å². The van der Waals surface area contributed by atoms with E-state index in [-0.39, 0.29) is 12.5 Å². The van der Waals surface area contributed by atoms with Crippen LogP contribution in [0.3, 0.4) is 0 Å². The van der Waals surface area contributed by atoms with Crippen molar-refractivity contribution in [1.29, 1.82) is 0 Å². The lowest BCUT2D eigenvalue weighted by molar-refractivity contribution is -0.117. The topological polar surface area (TPSA) is 50.2 Å².